The van der Waals surface area contributed by atoms with E-state index in [1.165, 1.54) is 12.8 Å². The van der Waals surface area contributed by atoms with E-state index in [9.17, 15) is 13.2 Å². The topological polar surface area (TPSA) is 21.3 Å². The van der Waals surface area contributed by atoms with Gasteiger partial charge >= 0.3 is 5.51 Å². The maximum Gasteiger partial charge on any atom is 0.441 e. The summed E-state index contributed by atoms with van der Waals surface area (Å²) in [5.74, 6) is 0.520. The summed E-state index contributed by atoms with van der Waals surface area (Å²) in [6.45, 7) is 0.888. The smallest absolute Gasteiger partial charge is 0.441 e. The molecule has 0 atom stereocenters. The highest BCUT2D eigenvalue weighted by Gasteiger charge is 2.27. The molecule has 2 nitrogen and oxygen atoms in total. The van der Waals surface area contributed by atoms with E-state index in [4.69, 9.17) is 4.74 Å². The van der Waals surface area contributed by atoms with Crippen LogP contribution < -0.4 is 10.1 Å². The Bertz CT molecular complexity index is 390. The van der Waals surface area contributed by atoms with Crippen LogP contribution in [0.15, 0.2) is 24.3 Å². The predicted octanol–water partition coefficient (Wildman–Crippen LogP) is 3.57. The van der Waals surface area contributed by atoms with Crippen molar-refractivity contribution >= 4 is 11.8 Å². The third-order valence-corrected chi connectivity index (χ3v) is 3.41. The first-order valence-electron chi connectivity index (χ1n) is 6.19. The van der Waals surface area contributed by atoms with Gasteiger partial charge in [0.1, 0.15) is 5.75 Å². The molecule has 0 spiro atoms. The van der Waals surface area contributed by atoms with Gasteiger partial charge in [-0.2, -0.15) is 13.2 Å². The van der Waals surface area contributed by atoms with Gasteiger partial charge in [0.25, 0.3) is 0 Å². The van der Waals surface area contributed by atoms with Gasteiger partial charge in [-0.15, -0.1) is 0 Å². The van der Waals surface area contributed by atoms with Gasteiger partial charge in [0.15, 0.2) is 0 Å². The molecule has 19 heavy (non-hydrogen) atoms. The maximum atomic E-state index is 11.9. The van der Waals surface area contributed by atoms with Gasteiger partial charge in [0, 0.05) is 18.3 Å². The number of ether oxygens (including phenoxy) is 1. The predicted molar refractivity (Wildman–Crippen MR) is 70.3 cm³/mol. The molecule has 0 unspecified atom stereocenters. The second-order valence-corrected chi connectivity index (χ2v) is 5.60. The summed E-state index contributed by atoms with van der Waals surface area (Å²) in [5, 5.41) is 3.39. The zero-order valence-electron chi connectivity index (χ0n) is 10.4. The SMILES string of the molecule is FC(F)(F)SCCOc1ccc(CNC2CC2)cc1. The Morgan fingerprint density at radius 1 is 1.21 bits per heavy atom. The summed E-state index contributed by atoms with van der Waals surface area (Å²) < 4.78 is 40.9. The van der Waals surface area contributed by atoms with Gasteiger partial charge in [-0.3, -0.25) is 0 Å². The summed E-state index contributed by atoms with van der Waals surface area (Å²) >= 11 is -0.0608. The Kier molecular flexibility index (Phi) is 4.99. The zero-order valence-corrected chi connectivity index (χ0v) is 11.2. The average molecular weight is 291 g/mol. The first kappa shape index (κ1) is 14.5. The number of benzene rings is 1. The van der Waals surface area contributed by atoms with E-state index in [0.717, 1.165) is 12.1 Å². The van der Waals surface area contributed by atoms with Crippen LogP contribution in [0.2, 0.25) is 0 Å². The molecule has 1 aromatic rings. The number of hydrogen-bond donors (Lipinski definition) is 1. The number of alkyl halides is 3. The molecule has 106 valence electrons. The van der Waals surface area contributed by atoms with Crippen LogP contribution in [0.4, 0.5) is 13.2 Å². The highest BCUT2D eigenvalue weighted by molar-refractivity contribution is 8.00. The molecular formula is C13H16F3NOS. The summed E-state index contributed by atoms with van der Waals surface area (Å²) in [5.41, 5.74) is -3.02. The molecule has 0 aromatic heterocycles. The van der Waals surface area contributed by atoms with E-state index in [1.54, 1.807) is 12.1 Å². The molecule has 0 aliphatic heterocycles. The molecule has 0 amide bonds. The number of thioether (sulfide) groups is 1. The van der Waals surface area contributed by atoms with E-state index >= 15 is 0 Å². The molecule has 1 aromatic carbocycles. The van der Waals surface area contributed by atoms with Crippen LogP contribution in [-0.2, 0) is 6.54 Å². The molecule has 0 saturated heterocycles. The van der Waals surface area contributed by atoms with Crippen molar-refractivity contribution in [2.75, 3.05) is 12.4 Å². The first-order valence-corrected chi connectivity index (χ1v) is 7.17. The van der Waals surface area contributed by atoms with Crippen molar-refractivity contribution in [3.63, 3.8) is 0 Å². The van der Waals surface area contributed by atoms with Gasteiger partial charge in [-0.1, -0.05) is 12.1 Å². The van der Waals surface area contributed by atoms with Crippen molar-refractivity contribution in [2.24, 2.45) is 0 Å². The first-order chi connectivity index (χ1) is 9.03. The molecule has 1 saturated carbocycles. The van der Waals surface area contributed by atoms with Gasteiger partial charge < -0.3 is 10.1 Å². The molecule has 1 aliphatic carbocycles. The monoisotopic (exact) mass is 291 g/mol. The van der Waals surface area contributed by atoms with Gasteiger partial charge in [-0.05, 0) is 42.3 Å². The Balaban J connectivity index is 1.66. The lowest BCUT2D eigenvalue weighted by Crippen LogP contribution is -2.15. The second-order valence-electron chi connectivity index (χ2n) is 4.44. The van der Waals surface area contributed by atoms with E-state index in [2.05, 4.69) is 5.32 Å². The molecule has 1 fully saturated rings. The zero-order chi connectivity index (χ0) is 13.7. The van der Waals surface area contributed by atoms with Crippen molar-refractivity contribution < 1.29 is 17.9 Å². The molecule has 1 aliphatic rings. The average Bonchev–Trinajstić information content (AvgIpc) is 3.16. The minimum Gasteiger partial charge on any atom is -0.493 e. The Morgan fingerprint density at radius 3 is 2.47 bits per heavy atom. The van der Waals surface area contributed by atoms with E-state index in [0.29, 0.717) is 11.8 Å². The molecule has 1 N–H and O–H groups in total. The summed E-state index contributed by atoms with van der Waals surface area (Å²) in [6, 6.07) is 8.11. The fourth-order valence-corrected chi connectivity index (χ4v) is 1.97. The number of nitrogens with one attached hydrogen (secondary N) is 1. The molecule has 6 heteroatoms. The van der Waals surface area contributed by atoms with Crippen molar-refractivity contribution in [1.82, 2.24) is 5.32 Å². The molecule has 0 bridgehead atoms. The third kappa shape index (κ3) is 6.20. The Hall–Kier alpha value is -0.880. The minimum atomic E-state index is -4.18. The highest BCUT2D eigenvalue weighted by Crippen LogP contribution is 2.29. The fraction of sp³-hybridized carbons (Fsp3) is 0.538. The Labute approximate surface area is 114 Å². The van der Waals surface area contributed by atoms with Crippen LogP contribution in [-0.4, -0.2) is 23.9 Å². The van der Waals surface area contributed by atoms with Crippen molar-refractivity contribution in [3.8, 4) is 5.75 Å². The molecular weight excluding hydrogens is 275 g/mol. The van der Waals surface area contributed by atoms with Crippen LogP contribution in [0.25, 0.3) is 0 Å². The van der Waals surface area contributed by atoms with Crippen molar-refractivity contribution in [3.05, 3.63) is 29.8 Å². The van der Waals surface area contributed by atoms with Crippen LogP contribution in [0.5, 0.6) is 5.75 Å². The van der Waals surface area contributed by atoms with Crippen LogP contribution in [0, 0.1) is 0 Å². The lowest BCUT2D eigenvalue weighted by atomic mass is 10.2. The Morgan fingerprint density at radius 2 is 1.89 bits per heavy atom. The largest absolute Gasteiger partial charge is 0.493 e. The standard InChI is InChI=1S/C13H16F3NOS/c14-13(15,16)19-8-7-18-12-5-1-10(2-6-12)9-17-11-3-4-11/h1-2,5-6,11,17H,3-4,7-9H2. The fourth-order valence-electron chi connectivity index (χ4n) is 1.57. The summed E-state index contributed by atoms with van der Waals surface area (Å²) in [6.07, 6.45) is 2.50. The second kappa shape index (κ2) is 6.52. The van der Waals surface area contributed by atoms with Crippen LogP contribution in [0.1, 0.15) is 18.4 Å². The normalized spacial score (nSPS) is 15.5. The van der Waals surface area contributed by atoms with E-state index < -0.39 is 5.51 Å². The van der Waals surface area contributed by atoms with Gasteiger partial charge in [0.05, 0.1) is 6.61 Å². The molecule has 0 radical (unpaired) electrons. The molecule has 0 heterocycles. The lowest BCUT2D eigenvalue weighted by Gasteiger charge is -2.08. The molecule has 2 rings (SSSR count). The number of rotatable bonds is 7. The van der Waals surface area contributed by atoms with Crippen molar-refractivity contribution in [1.29, 1.82) is 0 Å². The summed E-state index contributed by atoms with van der Waals surface area (Å²) in [7, 11) is 0. The van der Waals surface area contributed by atoms with Crippen LogP contribution >= 0.6 is 11.8 Å². The highest BCUT2D eigenvalue weighted by atomic mass is 32.2. The number of halogens is 3. The quantitative estimate of drug-likeness (QED) is 0.776. The summed E-state index contributed by atoms with van der Waals surface area (Å²) in [4.78, 5) is 0. The maximum absolute atomic E-state index is 11.9. The third-order valence-electron chi connectivity index (χ3n) is 2.71. The number of hydrogen-bond acceptors (Lipinski definition) is 3. The van der Waals surface area contributed by atoms with Gasteiger partial charge in [0.2, 0.25) is 0 Å². The van der Waals surface area contributed by atoms with Crippen molar-refractivity contribution in [2.45, 2.75) is 30.9 Å². The lowest BCUT2D eigenvalue weighted by molar-refractivity contribution is -0.0329. The minimum absolute atomic E-state index is 0.0594. The van der Waals surface area contributed by atoms with E-state index in [-0.39, 0.29) is 24.1 Å². The van der Waals surface area contributed by atoms with E-state index in [1.807, 2.05) is 12.1 Å². The van der Waals surface area contributed by atoms with Gasteiger partial charge in [-0.25, -0.2) is 0 Å². The van der Waals surface area contributed by atoms with Crippen LogP contribution in [0.3, 0.4) is 0 Å².